The van der Waals surface area contributed by atoms with Gasteiger partial charge in [-0.15, -0.1) is 0 Å². The minimum atomic E-state index is -0.441. The molecule has 1 amide bonds. The van der Waals surface area contributed by atoms with Crippen molar-refractivity contribution >= 4 is 12.0 Å². The van der Waals surface area contributed by atoms with E-state index in [1.807, 2.05) is 0 Å². The molecule has 0 radical (unpaired) electrons. The van der Waals surface area contributed by atoms with Crippen LogP contribution in [-0.4, -0.2) is 23.7 Å². The fourth-order valence-electron chi connectivity index (χ4n) is 2.71. The van der Waals surface area contributed by atoms with E-state index in [9.17, 15) is 14.3 Å². The van der Waals surface area contributed by atoms with Crippen LogP contribution in [0.5, 0.6) is 0 Å². The van der Waals surface area contributed by atoms with Gasteiger partial charge in [-0.25, -0.2) is 4.39 Å². The van der Waals surface area contributed by atoms with Gasteiger partial charge in [-0.1, -0.05) is 37.1 Å². The molecule has 0 saturated heterocycles. The van der Waals surface area contributed by atoms with Gasteiger partial charge >= 0.3 is 0 Å². The molecule has 1 aliphatic rings. The van der Waals surface area contributed by atoms with Crippen molar-refractivity contribution in [3.05, 3.63) is 41.7 Å². The first-order valence-electron chi connectivity index (χ1n) is 7.52. The second kappa shape index (κ2) is 7.93. The molecule has 21 heavy (non-hydrogen) atoms. The lowest BCUT2D eigenvalue weighted by atomic mass is 10.0. The Balaban J connectivity index is 1.69. The quantitative estimate of drug-likeness (QED) is 0.846. The lowest BCUT2D eigenvalue weighted by Crippen LogP contribution is -2.35. The summed E-state index contributed by atoms with van der Waals surface area (Å²) in [7, 11) is 0. The predicted octanol–water partition coefficient (Wildman–Crippen LogP) is 2.90. The van der Waals surface area contributed by atoms with Crippen molar-refractivity contribution in [2.45, 2.75) is 38.2 Å². The normalized spacial score (nSPS) is 17.2. The maximum absolute atomic E-state index is 13.0. The Morgan fingerprint density at radius 1 is 1.43 bits per heavy atom. The molecule has 114 valence electrons. The number of nitrogens with one attached hydrogen (secondary N) is 1. The SMILES string of the molecule is O=C(C/C=C/c1cccc(F)c1)NCC(O)C1CCCC1. The Bertz CT molecular complexity index is 495. The molecule has 1 unspecified atom stereocenters. The zero-order valence-corrected chi connectivity index (χ0v) is 12.1. The largest absolute Gasteiger partial charge is 0.391 e. The lowest BCUT2D eigenvalue weighted by Gasteiger charge is -2.17. The van der Waals surface area contributed by atoms with E-state index in [1.54, 1.807) is 24.3 Å². The van der Waals surface area contributed by atoms with Crippen molar-refractivity contribution in [2.24, 2.45) is 5.92 Å². The maximum atomic E-state index is 13.0. The van der Waals surface area contributed by atoms with Crippen LogP contribution in [0.25, 0.3) is 6.08 Å². The molecule has 2 rings (SSSR count). The molecule has 1 aromatic carbocycles. The van der Waals surface area contributed by atoms with Crippen LogP contribution in [0.2, 0.25) is 0 Å². The molecule has 1 aromatic rings. The summed E-state index contributed by atoms with van der Waals surface area (Å²) in [5.41, 5.74) is 0.730. The number of hydrogen-bond acceptors (Lipinski definition) is 2. The zero-order chi connectivity index (χ0) is 15.1. The van der Waals surface area contributed by atoms with E-state index in [0.29, 0.717) is 12.5 Å². The fraction of sp³-hybridized carbons (Fsp3) is 0.471. The van der Waals surface area contributed by atoms with Crippen LogP contribution in [0.1, 0.15) is 37.7 Å². The van der Waals surface area contributed by atoms with Crippen molar-refractivity contribution in [3.8, 4) is 0 Å². The number of hydrogen-bond donors (Lipinski definition) is 2. The molecule has 0 bridgehead atoms. The molecule has 3 nitrogen and oxygen atoms in total. The molecular formula is C17H22FNO2. The zero-order valence-electron chi connectivity index (χ0n) is 12.1. The molecule has 1 saturated carbocycles. The Labute approximate surface area is 124 Å². The molecule has 0 aliphatic heterocycles. The standard InChI is InChI=1S/C17H22FNO2/c18-15-9-3-5-13(11-15)6-4-10-17(21)19-12-16(20)14-7-1-2-8-14/h3-6,9,11,14,16,20H,1-2,7-8,10,12H2,(H,19,21)/b6-4+. The molecule has 1 aliphatic carbocycles. The molecule has 0 heterocycles. The number of halogens is 1. The van der Waals surface area contributed by atoms with Crippen LogP contribution in [0.4, 0.5) is 4.39 Å². The summed E-state index contributed by atoms with van der Waals surface area (Å²) in [5.74, 6) is -0.0888. The van der Waals surface area contributed by atoms with Crippen LogP contribution >= 0.6 is 0 Å². The molecule has 1 fully saturated rings. The molecule has 2 N–H and O–H groups in total. The highest BCUT2D eigenvalue weighted by molar-refractivity contribution is 5.78. The second-order valence-corrected chi connectivity index (χ2v) is 5.58. The van der Waals surface area contributed by atoms with Gasteiger partial charge in [0.15, 0.2) is 0 Å². The molecule has 0 spiro atoms. The molecular weight excluding hydrogens is 269 g/mol. The van der Waals surface area contributed by atoms with Crippen molar-refractivity contribution < 1.29 is 14.3 Å². The van der Waals surface area contributed by atoms with E-state index in [4.69, 9.17) is 0 Å². The lowest BCUT2D eigenvalue weighted by molar-refractivity contribution is -0.120. The molecule has 4 heteroatoms. The van der Waals surface area contributed by atoms with Crippen LogP contribution in [0.15, 0.2) is 30.3 Å². The number of benzene rings is 1. The van der Waals surface area contributed by atoms with Gasteiger partial charge in [0.05, 0.1) is 6.10 Å². The first-order chi connectivity index (χ1) is 10.1. The van der Waals surface area contributed by atoms with Gasteiger partial charge in [-0.05, 0) is 36.5 Å². The van der Waals surface area contributed by atoms with E-state index in [0.717, 1.165) is 18.4 Å². The summed E-state index contributed by atoms with van der Waals surface area (Å²) in [6.45, 7) is 0.317. The minimum Gasteiger partial charge on any atom is -0.391 e. The number of amides is 1. The second-order valence-electron chi connectivity index (χ2n) is 5.58. The third-order valence-electron chi connectivity index (χ3n) is 3.91. The van der Waals surface area contributed by atoms with Gasteiger partial charge in [0, 0.05) is 13.0 Å². The Hall–Kier alpha value is -1.68. The monoisotopic (exact) mass is 291 g/mol. The summed E-state index contributed by atoms with van der Waals surface area (Å²) < 4.78 is 13.0. The highest BCUT2D eigenvalue weighted by atomic mass is 19.1. The van der Waals surface area contributed by atoms with Crippen molar-refractivity contribution in [1.82, 2.24) is 5.32 Å². The van der Waals surface area contributed by atoms with Gasteiger partial charge in [0.1, 0.15) is 5.82 Å². The van der Waals surface area contributed by atoms with Crippen molar-refractivity contribution in [2.75, 3.05) is 6.54 Å². The predicted molar refractivity (Wildman–Crippen MR) is 81.0 cm³/mol. The average molecular weight is 291 g/mol. The molecule has 0 aromatic heterocycles. The first kappa shape index (κ1) is 15.7. The van der Waals surface area contributed by atoms with Gasteiger partial charge in [-0.2, -0.15) is 0 Å². The fourth-order valence-corrected chi connectivity index (χ4v) is 2.71. The van der Waals surface area contributed by atoms with Gasteiger partial charge < -0.3 is 10.4 Å². The summed E-state index contributed by atoms with van der Waals surface area (Å²) in [6, 6.07) is 6.21. The van der Waals surface area contributed by atoms with E-state index < -0.39 is 6.10 Å². The van der Waals surface area contributed by atoms with Crippen LogP contribution in [-0.2, 0) is 4.79 Å². The summed E-state index contributed by atoms with van der Waals surface area (Å²) >= 11 is 0. The van der Waals surface area contributed by atoms with E-state index >= 15 is 0 Å². The Morgan fingerprint density at radius 2 is 2.19 bits per heavy atom. The highest BCUT2D eigenvalue weighted by Gasteiger charge is 2.23. The number of aliphatic hydroxyl groups is 1. The van der Waals surface area contributed by atoms with Crippen LogP contribution in [0, 0.1) is 11.7 Å². The Kier molecular flexibility index (Phi) is 5.93. The summed E-state index contributed by atoms with van der Waals surface area (Å²) in [6.07, 6.45) is 7.66. The summed E-state index contributed by atoms with van der Waals surface area (Å²) in [4.78, 5) is 11.7. The van der Waals surface area contributed by atoms with Gasteiger partial charge in [0.2, 0.25) is 5.91 Å². The van der Waals surface area contributed by atoms with Crippen LogP contribution in [0.3, 0.4) is 0 Å². The maximum Gasteiger partial charge on any atom is 0.223 e. The number of carbonyl (C=O) groups excluding carboxylic acids is 1. The van der Waals surface area contributed by atoms with E-state index in [1.165, 1.54) is 25.0 Å². The smallest absolute Gasteiger partial charge is 0.223 e. The summed E-state index contributed by atoms with van der Waals surface area (Å²) in [5, 5.41) is 12.7. The van der Waals surface area contributed by atoms with Gasteiger partial charge in [-0.3, -0.25) is 4.79 Å². The number of aliphatic hydroxyl groups excluding tert-OH is 1. The Morgan fingerprint density at radius 3 is 2.90 bits per heavy atom. The number of rotatable bonds is 6. The minimum absolute atomic E-state index is 0.125. The van der Waals surface area contributed by atoms with Crippen LogP contribution < -0.4 is 5.32 Å². The van der Waals surface area contributed by atoms with Gasteiger partial charge in [0.25, 0.3) is 0 Å². The van der Waals surface area contributed by atoms with E-state index in [2.05, 4.69) is 5.32 Å². The topological polar surface area (TPSA) is 49.3 Å². The first-order valence-corrected chi connectivity index (χ1v) is 7.52. The number of carbonyl (C=O) groups is 1. The molecule has 1 atom stereocenters. The van der Waals surface area contributed by atoms with Crippen molar-refractivity contribution in [3.63, 3.8) is 0 Å². The third kappa shape index (κ3) is 5.31. The van der Waals surface area contributed by atoms with E-state index in [-0.39, 0.29) is 18.1 Å². The average Bonchev–Trinajstić information content (AvgIpc) is 2.99. The third-order valence-corrected chi connectivity index (χ3v) is 3.91. The highest BCUT2D eigenvalue weighted by Crippen LogP contribution is 2.27. The van der Waals surface area contributed by atoms with Crippen molar-refractivity contribution in [1.29, 1.82) is 0 Å².